The quantitative estimate of drug-likeness (QED) is 0.109. The molecule has 8 nitrogen and oxygen atoms in total. The number of aliphatic carboxylic acids is 1. The third kappa shape index (κ3) is 4.95. The van der Waals surface area contributed by atoms with Crippen LogP contribution < -0.4 is 5.32 Å². The Morgan fingerprint density at radius 1 is 1.08 bits per heavy atom. The first kappa shape index (κ1) is 34.7. The molecule has 7 aliphatic rings. The van der Waals surface area contributed by atoms with Gasteiger partial charge in [0, 0.05) is 25.0 Å². The average molecular weight is 667 g/mol. The minimum Gasteiger partial charge on any atom is -0.481 e. The fourth-order valence-electron chi connectivity index (χ4n) is 13.4. The molecule has 6 fully saturated rings. The number of allylic oxidation sites excluding steroid dienone is 1. The van der Waals surface area contributed by atoms with Crippen LogP contribution >= 0.6 is 0 Å². The maximum Gasteiger partial charge on any atom is 0.323 e. The van der Waals surface area contributed by atoms with Crippen LogP contribution in [0, 0.1) is 57.7 Å². The van der Waals surface area contributed by atoms with Crippen molar-refractivity contribution in [2.45, 2.75) is 129 Å². The third-order valence-electron chi connectivity index (χ3n) is 15.2. The lowest BCUT2D eigenvalue weighted by Gasteiger charge is -2.60. The number of hydrogen-bond donors (Lipinski definition) is 2. The monoisotopic (exact) mass is 666 g/mol. The summed E-state index contributed by atoms with van der Waals surface area (Å²) in [5.41, 5.74) is -1.61. The van der Waals surface area contributed by atoms with E-state index in [-0.39, 0.29) is 42.0 Å². The van der Waals surface area contributed by atoms with Gasteiger partial charge in [0.1, 0.15) is 17.7 Å². The van der Waals surface area contributed by atoms with Crippen molar-refractivity contribution in [1.82, 2.24) is 10.2 Å². The molecule has 2 heterocycles. The summed E-state index contributed by atoms with van der Waals surface area (Å²) in [6.45, 7) is 12.1. The van der Waals surface area contributed by atoms with Crippen LogP contribution in [-0.4, -0.2) is 79.3 Å². The Hall–Kier alpha value is -1.77. The van der Waals surface area contributed by atoms with Gasteiger partial charge in [0.15, 0.2) is 0 Å². The van der Waals surface area contributed by atoms with Crippen molar-refractivity contribution in [3.05, 3.63) is 11.6 Å². The molecule has 0 aromatic carbocycles. The highest BCUT2D eigenvalue weighted by molar-refractivity contribution is 5.90. The number of piperidine rings is 1. The number of nitrogens with one attached hydrogen (secondary N) is 1. The molecule has 2 saturated heterocycles. The van der Waals surface area contributed by atoms with E-state index in [1.807, 2.05) is 6.92 Å². The molecule has 5 aliphatic carbocycles. The molecule has 4 unspecified atom stereocenters. The molecule has 4 saturated carbocycles. The summed E-state index contributed by atoms with van der Waals surface area (Å²) in [6, 6.07) is -0.152. The summed E-state index contributed by atoms with van der Waals surface area (Å²) >= 11 is 0. The Labute approximate surface area is 288 Å². The molecule has 0 aromatic rings. The largest absolute Gasteiger partial charge is 0.481 e. The zero-order valence-corrected chi connectivity index (χ0v) is 30.1. The van der Waals surface area contributed by atoms with Gasteiger partial charge in [-0.2, -0.15) is 0 Å². The molecular weight excluding hydrogens is 604 g/mol. The number of rotatable bonds is 12. The van der Waals surface area contributed by atoms with E-state index >= 15 is 0 Å². The highest BCUT2D eigenvalue weighted by Gasteiger charge is 2.86. The van der Waals surface area contributed by atoms with Crippen LogP contribution in [0.3, 0.4) is 0 Å². The maximum atomic E-state index is 14.1. The van der Waals surface area contributed by atoms with Gasteiger partial charge in [-0.25, -0.2) is 0 Å². The lowest BCUT2D eigenvalue weighted by molar-refractivity contribution is -0.197. The molecule has 268 valence electrons. The highest BCUT2D eigenvalue weighted by Crippen LogP contribution is 2.84. The normalized spacial score (nSPS) is 44.1. The van der Waals surface area contributed by atoms with Crippen molar-refractivity contribution >= 4 is 18.2 Å². The van der Waals surface area contributed by atoms with E-state index in [0.29, 0.717) is 36.7 Å². The summed E-state index contributed by atoms with van der Waals surface area (Å²) in [5, 5.41) is 15.3. The van der Waals surface area contributed by atoms with Gasteiger partial charge in [-0.05, 0) is 93.4 Å². The van der Waals surface area contributed by atoms with E-state index in [4.69, 9.17) is 9.47 Å². The Balaban J connectivity index is 1.17. The maximum absolute atomic E-state index is 14.1. The second-order valence-electron chi connectivity index (χ2n) is 17.3. The molecule has 4 bridgehead atoms. The lowest BCUT2D eigenvalue weighted by atomic mass is 9.41. The van der Waals surface area contributed by atoms with Crippen LogP contribution in [0.2, 0.25) is 0 Å². The van der Waals surface area contributed by atoms with Gasteiger partial charge in [0.25, 0.3) is 0 Å². The van der Waals surface area contributed by atoms with Crippen LogP contribution in [-0.2, 0) is 23.9 Å². The van der Waals surface area contributed by atoms with Gasteiger partial charge >= 0.3 is 11.9 Å². The molecule has 0 amide bonds. The number of carboxylic acids is 1. The van der Waals surface area contributed by atoms with Gasteiger partial charge in [-0.1, -0.05) is 77.4 Å². The van der Waals surface area contributed by atoms with Crippen molar-refractivity contribution in [2.24, 2.45) is 57.7 Å². The zero-order valence-electron chi connectivity index (χ0n) is 30.1. The van der Waals surface area contributed by atoms with Gasteiger partial charge in [0.2, 0.25) is 0 Å². The number of carboxylic acid groups (broad SMARTS) is 1. The van der Waals surface area contributed by atoms with E-state index in [1.165, 1.54) is 32.1 Å². The van der Waals surface area contributed by atoms with Crippen molar-refractivity contribution in [2.75, 3.05) is 32.8 Å². The Kier molecular flexibility index (Phi) is 9.69. The smallest absolute Gasteiger partial charge is 0.323 e. The summed E-state index contributed by atoms with van der Waals surface area (Å²) < 4.78 is 12.8. The highest BCUT2D eigenvalue weighted by atomic mass is 16.5. The van der Waals surface area contributed by atoms with Crippen LogP contribution in [0.15, 0.2) is 11.6 Å². The first-order valence-corrected chi connectivity index (χ1v) is 19.8. The standard InChI is InChI=1S/C40H62N2O6/c1-5-47-36(44)33-13-9-10-17-42(33)18-16-41-23-34-29(27-11-7-6-8-12-27)20-35(48-34)39-22-30-26(4)14-15-31(30)38(24-43)21-28(39)19-32(25(2)3)40(38,39)37(45)46/h19,24-31,33-35,41H,5-18,20-23H2,1-4H3,(H,45,46)/t26-,28?,29+,30-,31-,33?,34+,35-,38?,39?,40+/m1/s1. The van der Waals surface area contributed by atoms with Crippen molar-refractivity contribution in [3.8, 4) is 0 Å². The van der Waals surface area contributed by atoms with Gasteiger partial charge in [-0.3, -0.25) is 14.5 Å². The number of aldehydes is 1. The summed E-state index contributed by atoms with van der Waals surface area (Å²) in [7, 11) is 0. The first-order chi connectivity index (χ1) is 23.2. The molecule has 48 heavy (non-hydrogen) atoms. The number of ether oxygens (including phenoxy) is 2. The number of carbonyl (C=O) groups excluding carboxylic acids is 2. The predicted molar refractivity (Wildman–Crippen MR) is 184 cm³/mol. The van der Waals surface area contributed by atoms with Crippen LogP contribution in [0.5, 0.6) is 0 Å². The third-order valence-corrected chi connectivity index (χ3v) is 15.2. The molecular formula is C40H62N2O6. The first-order valence-electron chi connectivity index (χ1n) is 19.8. The fraction of sp³-hybridized carbons (Fsp3) is 0.875. The molecule has 2 N–H and O–H groups in total. The minimum atomic E-state index is -1.19. The van der Waals surface area contributed by atoms with Gasteiger partial charge in [0.05, 0.1) is 24.2 Å². The fourth-order valence-corrected chi connectivity index (χ4v) is 13.4. The molecule has 2 aliphatic heterocycles. The minimum absolute atomic E-state index is 0.0207. The van der Waals surface area contributed by atoms with E-state index < -0.39 is 22.2 Å². The number of carbonyl (C=O) groups is 3. The van der Waals surface area contributed by atoms with Crippen molar-refractivity contribution < 1.29 is 29.0 Å². The van der Waals surface area contributed by atoms with Crippen LogP contribution in [0.1, 0.15) is 111 Å². The second kappa shape index (κ2) is 13.4. The molecule has 0 aromatic heterocycles. The Bertz CT molecular complexity index is 1260. The number of likely N-dealkylation sites (tertiary alicyclic amines) is 1. The van der Waals surface area contributed by atoms with Crippen molar-refractivity contribution in [3.63, 3.8) is 0 Å². The molecule has 0 spiro atoms. The van der Waals surface area contributed by atoms with Crippen LogP contribution in [0.4, 0.5) is 0 Å². The van der Waals surface area contributed by atoms with E-state index in [1.54, 1.807) is 0 Å². The van der Waals surface area contributed by atoms with Crippen molar-refractivity contribution in [1.29, 1.82) is 0 Å². The Morgan fingerprint density at radius 3 is 2.56 bits per heavy atom. The number of hydrogen-bond acceptors (Lipinski definition) is 7. The van der Waals surface area contributed by atoms with E-state index in [0.717, 1.165) is 83.0 Å². The van der Waals surface area contributed by atoms with Gasteiger partial charge in [-0.15, -0.1) is 0 Å². The zero-order chi connectivity index (χ0) is 33.8. The molecule has 0 radical (unpaired) electrons. The molecule has 11 atom stereocenters. The summed E-state index contributed by atoms with van der Waals surface area (Å²) in [4.78, 5) is 42.7. The Morgan fingerprint density at radius 2 is 1.85 bits per heavy atom. The topological polar surface area (TPSA) is 105 Å². The van der Waals surface area contributed by atoms with E-state index in [2.05, 4.69) is 37.1 Å². The number of nitrogens with zero attached hydrogens (tertiary/aromatic N) is 1. The van der Waals surface area contributed by atoms with Crippen LogP contribution in [0.25, 0.3) is 0 Å². The van der Waals surface area contributed by atoms with Gasteiger partial charge < -0.3 is 24.7 Å². The second-order valence-corrected chi connectivity index (χ2v) is 17.3. The number of esters is 1. The average Bonchev–Trinajstić information content (AvgIpc) is 3.81. The SMILES string of the molecule is CCOC(=O)C1CCCCN1CCNC[C@@H]1O[C@@H](C23C[C@@H]4[C@H](C)CC[C@H]4C4(C=O)CC2C=C(C(C)C)[C@]43C(=O)O)C[C@H]1C1CCCCC1. The summed E-state index contributed by atoms with van der Waals surface area (Å²) in [5.74, 6) is 1.26. The molecule has 7 rings (SSSR count). The molecule has 8 heteroatoms. The predicted octanol–water partition coefficient (Wildman–Crippen LogP) is 6.27. The van der Waals surface area contributed by atoms with E-state index in [9.17, 15) is 19.5 Å². The summed E-state index contributed by atoms with van der Waals surface area (Å²) in [6.07, 6.45) is 17.1. The number of fused-ring (bicyclic) bond motifs is 2. The lowest BCUT2D eigenvalue weighted by Crippen LogP contribution is -2.65.